The largest absolute Gasteiger partial charge is 0.339 e. The van der Waals surface area contributed by atoms with Gasteiger partial charge in [-0.25, -0.2) is 0 Å². The Kier molecular flexibility index (Phi) is 4.43. The molecule has 2 saturated heterocycles. The minimum Gasteiger partial charge on any atom is -0.339 e. The second-order valence-electron chi connectivity index (χ2n) is 5.67. The van der Waals surface area contributed by atoms with Crippen LogP contribution >= 0.6 is 0 Å². The molecule has 0 aromatic heterocycles. The first-order chi connectivity index (χ1) is 8.22. The third-order valence-electron chi connectivity index (χ3n) is 4.45. The molecule has 0 spiro atoms. The average Bonchev–Trinajstić information content (AvgIpc) is 2.39. The van der Waals surface area contributed by atoms with Crippen LogP contribution in [0.25, 0.3) is 0 Å². The fourth-order valence-electron chi connectivity index (χ4n) is 3.21. The number of likely N-dealkylation sites (tertiary alicyclic amines) is 2. The maximum atomic E-state index is 12.5. The number of amides is 1. The number of hydrogen-bond donors (Lipinski definition) is 0. The third-order valence-corrected chi connectivity index (χ3v) is 4.45. The monoisotopic (exact) mass is 238 g/mol. The summed E-state index contributed by atoms with van der Waals surface area (Å²) < 4.78 is 0. The van der Waals surface area contributed by atoms with Gasteiger partial charge in [0.2, 0.25) is 5.91 Å². The quantitative estimate of drug-likeness (QED) is 0.735. The van der Waals surface area contributed by atoms with E-state index in [4.69, 9.17) is 0 Å². The Bertz CT molecular complexity index is 259. The number of carbonyl (C=O) groups is 1. The average molecular weight is 238 g/mol. The first-order valence-corrected chi connectivity index (χ1v) is 7.21. The molecule has 0 aliphatic carbocycles. The van der Waals surface area contributed by atoms with Gasteiger partial charge in [0.15, 0.2) is 0 Å². The lowest BCUT2D eigenvalue weighted by Gasteiger charge is -2.39. The van der Waals surface area contributed by atoms with E-state index in [2.05, 4.69) is 23.8 Å². The molecule has 1 amide bonds. The fourth-order valence-corrected chi connectivity index (χ4v) is 3.21. The standard InChI is InChI=1S/C14H26N2O/c1-3-13-6-4-5-9-16(13)14(17)12-7-10-15(2)11-8-12/h12-13H,3-11H2,1-2H3. The Hall–Kier alpha value is -0.570. The van der Waals surface area contributed by atoms with Gasteiger partial charge in [-0.3, -0.25) is 4.79 Å². The lowest BCUT2D eigenvalue weighted by atomic mass is 9.92. The van der Waals surface area contributed by atoms with Crippen molar-refractivity contribution < 1.29 is 4.79 Å². The maximum absolute atomic E-state index is 12.5. The van der Waals surface area contributed by atoms with Gasteiger partial charge in [0.05, 0.1) is 0 Å². The number of nitrogens with zero attached hydrogens (tertiary/aromatic N) is 2. The van der Waals surface area contributed by atoms with Crippen LogP contribution in [0.1, 0.15) is 45.4 Å². The van der Waals surface area contributed by atoms with Gasteiger partial charge in [0.25, 0.3) is 0 Å². The number of rotatable bonds is 2. The molecule has 3 nitrogen and oxygen atoms in total. The van der Waals surface area contributed by atoms with Gasteiger partial charge in [0.1, 0.15) is 0 Å². The van der Waals surface area contributed by atoms with E-state index >= 15 is 0 Å². The Morgan fingerprint density at radius 2 is 1.82 bits per heavy atom. The summed E-state index contributed by atoms with van der Waals surface area (Å²) in [5.74, 6) is 0.753. The predicted octanol–water partition coefficient (Wildman–Crippen LogP) is 2.12. The van der Waals surface area contributed by atoms with Gasteiger partial charge >= 0.3 is 0 Å². The number of carbonyl (C=O) groups excluding carboxylic acids is 1. The smallest absolute Gasteiger partial charge is 0.226 e. The molecule has 2 aliphatic rings. The van der Waals surface area contributed by atoms with Crippen molar-refractivity contribution in [2.45, 2.75) is 51.5 Å². The van der Waals surface area contributed by atoms with Crippen LogP contribution in [0.2, 0.25) is 0 Å². The molecule has 1 unspecified atom stereocenters. The Morgan fingerprint density at radius 1 is 1.12 bits per heavy atom. The lowest BCUT2D eigenvalue weighted by Crippen LogP contribution is -2.48. The van der Waals surface area contributed by atoms with Crippen LogP contribution in [-0.2, 0) is 4.79 Å². The third kappa shape index (κ3) is 3.01. The zero-order valence-electron chi connectivity index (χ0n) is 11.3. The molecule has 0 radical (unpaired) electrons. The summed E-state index contributed by atoms with van der Waals surface area (Å²) >= 11 is 0. The lowest BCUT2D eigenvalue weighted by molar-refractivity contribution is -0.140. The SMILES string of the molecule is CCC1CCCCN1C(=O)C1CCN(C)CC1. The molecule has 3 heteroatoms. The summed E-state index contributed by atoms with van der Waals surface area (Å²) in [7, 11) is 2.15. The van der Waals surface area contributed by atoms with Crippen LogP contribution in [0.4, 0.5) is 0 Å². The van der Waals surface area contributed by atoms with E-state index in [1.165, 1.54) is 19.3 Å². The highest BCUT2D eigenvalue weighted by Crippen LogP contribution is 2.25. The van der Waals surface area contributed by atoms with Crippen molar-refractivity contribution in [2.24, 2.45) is 5.92 Å². The summed E-state index contributed by atoms with van der Waals surface area (Å²) in [6, 6.07) is 0.524. The van der Waals surface area contributed by atoms with Crippen LogP contribution in [0.3, 0.4) is 0 Å². The van der Waals surface area contributed by atoms with E-state index in [1.807, 2.05) is 0 Å². The predicted molar refractivity (Wildman–Crippen MR) is 69.9 cm³/mol. The molecular formula is C14H26N2O. The van der Waals surface area contributed by atoms with Gasteiger partial charge < -0.3 is 9.80 Å². The summed E-state index contributed by atoms with van der Waals surface area (Å²) in [5.41, 5.74) is 0. The molecule has 2 fully saturated rings. The first kappa shape index (κ1) is 12.9. The number of piperidine rings is 2. The fraction of sp³-hybridized carbons (Fsp3) is 0.929. The van der Waals surface area contributed by atoms with Crippen molar-refractivity contribution in [3.8, 4) is 0 Å². The molecule has 2 rings (SSSR count). The van der Waals surface area contributed by atoms with Crippen molar-refractivity contribution in [3.63, 3.8) is 0 Å². The van der Waals surface area contributed by atoms with Crippen LogP contribution < -0.4 is 0 Å². The van der Waals surface area contributed by atoms with Gasteiger partial charge in [-0.15, -0.1) is 0 Å². The second-order valence-corrected chi connectivity index (χ2v) is 5.67. The van der Waals surface area contributed by atoms with E-state index < -0.39 is 0 Å². The molecule has 17 heavy (non-hydrogen) atoms. The molecule has 0 saturated carbocycles. The first-order valence-electron chi connectivity index (χ1n) is 7.21. The summed E-state index contributed by atoms with van der Waals surface area (Å²) in [6.45, 7) is 5.39. The van der Waals surface area contributed by atoms with Crippen molar-refractivity contribution >= 4 is 5.91 Å². The van der Waals surface area contributed by atoms with Crippen LogP contribution in [0.15, 0.2) is 0 Å². The van der Waals surface area contributed by atoms with Crippen molar-refractivity contribution in [1.29, 1.82) is 0 Å². The Morgan fingerprint density at radius 3 is 2.47 bits per heavy atom. The van der Waals surface area contributed by atoms with Gasteiger partial charge in [0, 0.05) is 18.5 Å². The van der Waals surface area contributed by atoms with Crippen molar-refractivity contribution in [2.75, 3.05) is 26.7 Å². The second kappa shape index (κ2) is 5.85. The van der Waals surface area contributed by atoms with Crippen LogP contribution in [0.5, 0.6) is 0 Å². The highest BCUT2D eigenvalue weighted by Gasteiger charge is 2.31. The highest BCUT2D eigenvalue weighted by molar-refractivity contribution is 5.79. The molecule has 1 atom stereocenters. The van der Waals surface area contributed by atoms with E-state index in [0.29, 0.717) is 17.9 Å². The van der Waals surface area contributed by atoms with Crippen molar-refractivity contribution in [3.05, 3.63) is 0 Å². The van der Waals surface area contributed by atoms with Gasteiger partial charge in [-0.1, -0.05) is 6.92 Å². The maximum Gasteiger partial charge on any atom is 0.226 e. The molecule has 2 heterocycles. The van der Waals surface area contributed by atoms with E-state index in [-0.39, 0.29) is 0 Å². The molecule has 0 N–H and O–H groups in total. The minimum absolute atomic E-state index is 0.304. The Labute approximate surface area is 105 Å². The highest BCUT2D eigenvalue weighted by atomic mass is 16.2. The summed E-state index contributed by atoms with van der Waals surface area (Å²) in [4.78, 5) is 17.1. The van der Waals surface area contributed by atoms with Gasteiger partial charge in [-0.2, -0.15) is 0 Å². The normalized spacial score (nSPS) is 28.4. The number of hydrogen-bond acceptors (Lipinski definition) is 2. The zero-order chi connectivity index (χ0) is 12.3. The zero-order valence-corrected chi connectivity index (χ0v) is 11.3. The summed E-state index contributed by atoms with van der Waals surface area (Å²) in [5, 5.41) is 0. The Balaban J connectivity index is 1.93. The summed E-state index contributed by atoms with van der Waals surface area (Å²) in [6.07, 6.45) is 6.96. The van der Waals surface area contributed by atoms with Crippen LogP contribution in [-0.4, -0.2) is 48.4 Å². The molecule has 2 aliphatic heterocycles. The molecule has 0 aromatic carbocycles. The molecule has 98 valence electrons. The molecular weight excluding hydrogens is 212 g/mol. The minimum atomic E-state index is 0.304. The van der Waals surface area contributed by atoms with Crippen LogP contribution in [0, 0.1) is 5.92 Å². The van der Waals surface area contributed by atoms with Crippen molar-refractivity contribution in [1.82, 2.24) is 9.80 Å². The van der Waals surface area contributed by atoms with E-state index in [0.717, 1.165) is 38.9 Å². The molecule has 0 bridgehead atoms. The van der Waals surface area contributed by atoms with E-state index in [9.17, 15) is 4.79 Å². The topological polar surface area (TPSA) is 23.6 Å². The van der Waals surface area contributed by atoms with E-state index in [1.54, 1.807) is 0 Å². The molecule has 0 aromatic rings. The van der Waals surface area contributed by atoms with Gasteiger partial charge in [-0.05, 0) is 58.7 Å².